The van der Waals surface area contributed by atoms with Crippen LogP contribution in [0.2, 0.25) is 5.02 Å². The van der Waals surface area contributed by atoms with Gasteiger partial charge in [-0.3, -0.25) is 4.79 Å². The molecule has 5 heteroatoms. The molecule has 0 aliphatic heterocycles. The van der Waals surface area contributed by atoms with Crippen molar-refractivity contribution in [2.75, 3.05) is 11.9 Å². The Labute approximate surface area is 118 Å². The van der Waals surface area contributed by atoms with Crippen molar-refractivity contribution in [2.24, 2.45) is 11.7 Å². The number of nitrogens with two attached hydrogens (primary N) is 1. The molecule has 1 unspecified atom stereocenters. The summed E-state index contributed by atoms with van der Waals surface area (Å²) in [6.45, 7) is 2.74. The summed E-state index contributed by atoms with van der Waals surface area (Å²) in [5.74, 6) is -0.0978. The minimum absolute atomic E-state index is 0.00682. The second-order valence-corrected chi connectivity index (χ2v) is 4.97. The zero-order valence-electron chi connectivity index (χ0n) is 11.1. The third kappa shape index (κ3) is 5.57. The summed E-state index contributed by atoms with van der Waals surface area (Å²) in [6.07, 6.45) is 3.21. The lowest BCUT2D eigenvalue weighted by Gasteiger charge is -2.13. The molecule has 0 heterocycles. The number of carbonyl (C=O) groups is 1. The van der Waals surface area contributed by atoms with Crippen LogP contribution in [0.5, 0.6) is 0 Å². The maximum absolute atomic E-state index is 13.0. The number of anilines is 1. The highest BCUT2D eigenvalue weighted by Gasteiger charge is 2.10. The van der Waals surface area contributed by atoms with Crippen LogP contribution in [-0.4, -0.2) is 12.5 Å². The van der Waals surface area contributed by atoms with Crippen LogP contribution in [-0.2, 0) is 4.79 Å². The number of hydrogen-bond donors (Lipinski definition) is 2. The molecular formula is C14H20ClFN2O. The fourth-order valence-electron chi connectivity index (χ4n) is 1.92. The molecule has 0 radical (unpaired) electrons. The summed E-state index contributed by atoms with van der Waals surface area (Å²) >= 11 is 5.65. The number of benzene rings is 1. The van der Waals surface area contributed by atoms with E-state index in [2.05, 4.69) is 12.2 Å². The SMILES string of the molecule is CCC(CCN)CCC(=O)Nc1ccc(F)c(Cl)c1. The lowest BCUT2D eigenvalue weighted by Crippen LogP contribution is -2.15. The van der Waals surface area contributed by atoms with Gasteiger partial charge in [0.25, 0.3) is 0 Å². The van der Waals surface area contributed by atoms with Gasteiger partial charge in [-0.05, 0) is 43.5 Å². The Kier molecular flexibility index (Phi) is 6.81. The average molecular weight is 287 g/mol. The Bertz CT molecular complexity index is 426. The van der Waals surface area contributed by atoms with Crippen molar-refractivity contribution in [1.29, 1.82) is 0 Å². The summed E-state index contributed by atoms with van der Waals surface area (Å²) in [5, 5.41) is 2.72. The van der Waals surface area contributed by atoms with E-state index in [0.717, 1.165) is 19.3 Å². The second kappa shape index (κ2) is 8.12. The van der Waals surface area contributed by atoms with Gasteiger partial charge < -0.3 is 11.1 Å². The van der Waals surface area contributed by atoms with Gasteiger partial charge in [0.15, 0.2) is 0 Å². The van der Waals surface area contributed by atoms with Crippen LogP contribution >= 0.6 is 11.6 Å². The molecule has 0 aromatic heterocycles. The van der Waals surface area contributed by atoms with Crippen LogP contribution in [0.3, 0.4) is 0 Å². The van der Waals surface area contributed by atoms with E-state index < -0.39 is 5.82 Å². The number of amides is 1. The van der Waals surface area contributed by atoms with Crippen molar-refractivity contribution in [3.63, 3.8) is 0 Å². The number of hydrogen-bond acceptors (Lipinski definition) is 2. The van der Waals surface area contributed by atoms with Gasteiger partial charge in [-0.1, -0.05) is 24.9 Å². The molecule has 0 saturated carbocycles. The van der Waals surface area contributed by atoms with Gasteiger partial charge in [0.2, 0.25) is 5.91 Å². The second-order valence-electron chi connectivity index (χ2n) is 4.57. The lowest BCUT2D eigenvalue weighted by molar-refractivity contribution is -0.116. The van der Waals surface area contributed by atoms with Crippen LogP contribution < -0.4 is 11.1 Å². The van der Waals surface area contributed by atoms with Crippen molar-refractivity contribution in [3.05, 3.63) is 29.0 Å². The van der Waals surface area contributed by atoms with Gasteiger partial charge in [0.1, 0.15) is 5.82 Å². The summed E-state index contributed by atoms with van der Waals surface area (Å²) < 4.78 is 13.0. The van der Waals surface area contributed by atoms with Crippen molar-refractivity contribution in [2.45, 2.75) is 32.6 Å². The van der Waals surface area contributed by atoms with E-state index in [-0.39, 0.29) is 10.9 Å². The maximum Gasteiger partial charge on any atom is 0.224 e. The molecule has 1 rings (SSSR count). The van der Waals surface area contributed by atoms with Crippen LogP contribution in [0.1, 0.15) is 32.6 Å². The predicted molar refractivity (Wildman–Crippen MR) is 76.7 cm³/mol. The average Bonchev–Trinajstić information content (AvgIpc) is 2.39. The van der Waals surface area contributed by atoms with Crippen LogP contribution in [0, 0.1) is 11.7 Å². The van der Waals surface area contributed by atoms with Gasteiger partial charge in [0, 0.05) is 12.1 Å². The first-order chi connectivity index (χ1) is 9.06. The third-order valence-corrected chi connectivity index (χ3v) is 3.42. The monoisotopic (exact) mass is 286 g/mol. The molecular weight excluding hydrogens is 267 g/mol. The zero-order chi connectivity index (χ0) is 14.3. The molecule has 0 spiro atoms. The molecule has 19 heavy (non-hydrogen) atoms. The number of rotatable bonds is 7. The largest absolute Gasteiger partial charge is 0.330 e. The van der Waals surface area contributed by atoms with E-state index in [1.54, 1.807) is 0 Å². The van der Waals surface area contributed by atoms with E-state index >= 15 is 0 Å². The first-order valence-corrected chi connectivity index (χ1v) is 6.89. The lowest BCUT2D eigenvalue weighted by atomic mass is 9.96. The van der Waals surface area contributed by atoms with Crippen LogP contribution in [0.25, 0.3) is 0 Å². The van der Waals surface area contributed by atoms with Gasteiger partial charge in [-0.15, -0.1) is 0 Å². The first-order valence-electron chi connectivity index (χ1n) is 6.51. The van der Waals surface area contributed by atoms with E-state index in [1.165, 1.54) is 18.2 Å². The summed E-state index contributed by atoms with van der Waals surface area (Å²) in [7, 11) is 0. The fraction of sp³-hybridized carbons (Fsp3) is 0.500. The van der Waals surface area contributed by atoms with E-state index in [0.29, 0.717) is 24.6 Å². The van der Waals surface area contributed by atoms with Gasteiger partial charge in [0.05, 0.1) is 5.02 Å². The summed E-state index contributed by atoms with van der Waals surface area (Å²) in [4.78, 5) is 11.8. The van der Waals surface area contributed by atoms with E-state index in [1.807, 2.05) is 0 Å². The van der Waals surface area contributed by atoms with Crippen molar-refractivity contribution < 1.29 is 9.18 Å². The normalized spacial score (nSPS) is 12.2. The highest BCUT2D eigenvalue weighted by Crippen LogP contribution is 2.20. The third-order valence-electron chi connectivity index (χ3n) is 3.14. The summed E-state index contributed by atoms with van der Waals surface area (Å²) in [6, 6.07) is 4.14. The Morgan fingerprint density at radius 2 is 2.21 bits per heavy atom. The van der Waals surface area contributed by atoms with Crippen molar-refractivity contribution in [1.82, 2.24) is 0 Å². The van der Waals surface area contributed by atoms with Gasteiger partial charge in [-0.25, -0.2) is 4.39 Å². The van der Waals surface area contributed by atoms with Gasteiger partial charge >= 0.3 is 0 Å². The minimum Gasteiger partial charge on any atom is -0.330 e. The number of carbonyl (C=O) groups excluding carboxylic acids is 1. The molecule has 0 aliphatic carbocycles. The summed E-state index contributed by atoms with van der Waals surface area (Å²) in [5.41, 5.74) is 6.03. The fourth-order valence-corrected chi connectivity index (χ4v) is 2.10. The molecule has 0 saturated heterocycles. The molecule has 0 aliphatic rings. The Morgan fingerprint density at radius 3 is 2.79 bits per heavy atom. The molecule has 3 nitrogen and oxygen atoms in total. The molecule has 3 N–H and O–H groups in total. The first kappa shape index (κ1) is 15.9. The highest BCUT2D eigenvalue weighted by molar-refractivity contribution is 6.31. The van der Waals surface area contributed by atoms with Crippen LogP contribution in [0.4, 0.5) is 10.1 Å². The minimum atomic E-state index is -0.492. The standard InChI is InChI=1S/C14H20ClFN2O/c1-2-10(7-8-17)3-6-14(19)18-11-4-5-13(16)12(15)9-11/h4-5,9-10H,2-3,6-8,17H2,1H3,(H,18,19). The molecule has 1 aromatic rings. The predicted octanol–water partition coefficient (Wildman–Crippen LogP) is 3.57. The zero-order valence-corrected chi connectivity index (χ0v) is 11.8. The molecule has 1 amide bonds. The Morgan fingerprint density at radius 1 is 1.47 bits per heavy atom. The van der Waals surface area contributed by atoms with Crippen LogP contribution in [0.15, 0.2) is 18.2 Å². The highest BCUT2D eigenvalue weighted by atomic mass is 35.5. The molecule has 0 bridgehead atoms. The molecule has 1 atom stereocenters. The quantitative estimate of drug-likeness (QED) is 0.805. The van der Waals surface area contributed by atoms with Crippen molar-refractivity contribution >= 4 is 23.2 Å². The molecule has 1 aromatic carbocycles. The Hall–Kier alpha value is -1.13. The van der Waals surface area contributed by atoms with E-state index in [4.69, 9.17) is 17.3 Å². The molecule has 0 fully saturated rings. The number of nitrogens with one attached hydrogen (secondary N) is 1. The smallest absolute Gasteiger partial charge is 0.224 e. The van der Waals surface area contributed by atoms with E-state index in [9.17, 15) is 9.18 Å². The Balaban J connectivity index is 2.44. The number of halogens is 2. The van der Waals surface area contributed by atoms with Crippen molar-refractivity contribution in [3.8, 4) is 0 Å². The van der Waals surface area contributed by atoms with Gasteiger partial charge in [-0.2, -0.15) is 0 Å². The molecule has 106 valence electrons. The topological polar surface area (TPSA) is 55.1 Å². The maximum atomic E-state index is 13.0.